The Morgan fingerprint density at radius 2 is 2.11 bits per heavy atom. The molecule has 0 aliphatic heterocycles. The third-order valence-corrected chi connectivity index (χ3v) is 3.00. The molecular formula is C13H12BrFN2O. The zero-order valence-electron chi connectivity index (χ0n) is 9.57. The van der Waals surface area contributed by atoms with Crippen LogP contribution in [0.4, 0.5) is 4.39 Å². The van der Waals surface area contributed by atoms with Crippen molar-refractivity contribution in [2.75, 3.05) is 0 Å². The van der Waals surface area contributed by atoms with E-state index in [0.717, 1.165) is 11.3 Å². The Hall–Kier alpha value is -1.46. The molecule has 0 bridgehead atoms. The third kappa shape index (κ3) is 3.27. The number of nitrogens with zero attached hydrogens (tertiary/aromatic N) is 1. The van der Waals surface area contributed by atoms with Crippen LogP contribution in [0.25, 0.3) is 0 Å². The molecule has 0 unspecified atom stereocenters. The fourth-order valence-electron chi connectivity index (χ4n) is 1.41. The van der Waals surface area contributed by atoms with Gasteiger partial charge in [0.1, 0.15) is 18.2 Å². The molecule has 0 fully saturated rings. The summed E-state index contributed by atoms with van der Waals surface area (Å²) in [6, 6.07) is 8.40. The van der Waals surface area contributed by atoms with Gasteiger partial charge in [0.15, 0.2) is 0 Å². The molecule has 0 radical (unpaired) electrons. The lowest BCUT2D eigenvalue weighted by Gasteiger charge is -2.07. The van der Waals surface area contributed by atoms with Gasteiger partial charge in [0.25, 0.3) is 0 Å². The number of pyridine rings is 1. The molecule has 2 N–H and O–H groups in total. The van der Waals surface area contributed by atoms with Gasteiger partial charge in [-0.05, 0) is 45.8 Å². The summed E-state index contributed by atoms with van der Waals surface area (Å²) in [7, 11) is 0. The summed E-state index contributed by atoms with van der Waals surface area (Å²) >= 11 is 3.13. The summed E-state index contributed by atoms with van der Waals surface area (Å²) in [5, 5.41) is 0. The van der Waals surface area contributed by atoms with E-state index in [1.165, 1.54) is 6.07 Å². The summed E-state index contributed by atoms with van der Waals surface area (Å²) in [6.07, 6.45) is 1.63. The molecular weight excluding hydrogens is 299 g/mol. The molecule has 3 nitrogen and oxygen atoms in total. The predicted molar refractivity (Wildman–Crippen MR) is 70.6 cm³/mol. The van der Waals surface area contributed by atoms with E-state index in [1.54, 1.807) is 18.3 Å². The van der Waals surface area contributed by atoms with Crippen molar-refractivity contribution in [3.8, 4) is 5.75 Å². The van der Waals surface area contributed by atoms with E-state index in [2.05, 4.69) is 20.9 Å². The van der Waals surface area contributed by atoms with E-state index in [-0.39, 0.29) is 5.82 Å². The van der Waals surface area contributed by atoms with Crippen molar-refractivity contribution in [1.82, 2.24) is 4.98 Å². The predicted octanol–water partition coefficient (Wildman–Crippen LogP) is 3.02. The minimum atomic E-state index is -0.285. The van der Waals surface area contributed by atoms with Crippen molar-refractivity contribution in [2.24, 2.45) is 5.73 Å². The minimum Gasteiger partial charge on any atom is -0.487 e. The topological polar surface area (TPSA) is 48.1 Å². The Balaban J connectivity index is 1.99. The number of aromatic nitrogens is 1. The van der Waals surface area contributed by atoms with Gasteiger partial charge in [-0.1, -0.05) is 6.07 Å². The third-order valence-electron chi connectivity index (χ3n) is 2.40. The van der Waals surface area contributed by atoms with Crippen LogP contribution in [0, 0.1) is 5.82 Å². The van der Waals surface area contributed by atoms with Gasteiger partial charge >= 0.3 is 0 Å². The van der Waals surface area contributed by atoms with Gasteiger partial charge in [0, 0.05) is 6.54 Å². The molecule has 94 valence electrons. The lowest BCUT2D eigenvalue weighted by Crippen LogP contribution is -2.00. The Bertz CT molecular complexity index is 531. The molecule has 1 aromatic heterocycles. The quantitative estimate of drug-likeness (QED) is 0.944. The van der Waals surface area contributed by atoms with E-state index in [1.807, 2.05) is 12.1 Å². The summed E-state index contributed by atoms with van der Waals surface area (Å²) in [5.74, 6) is 0.375. The molecule has 0 saturated heterocycles. The molecule has 0 aliphatic carbocycles. The summed E-state index contributed by atoms with van der Waals surface area (Å²) < 4.78 is 19.0. The zero-order valence-corrected chi connectivity index (χ0v) is 11.2. The van der Waals surface area contributed by atoms with E-state index >= 15 is 0 Å². The molecule has 0 spiro atoms. The van der Waals surface area contributed by atoms with Crippen LogP contribution >= 0.6 is 15.9 Å². The number of ether oxygens (including phenoxy) is 1. The number of rotatable bonds is 4. The van der Waals surface area contributed by atoms with Crippen molar-refractivity contribution in [3.63, 3.8) is 0 Å². The second-order valence-corrected chi connectivity index (χ2v) is 4.58. The van der Waals surface area contributed by atoms with Crippen LogP contribution in [-0.4, -0.2) is 4.98 Å². The normalized spacial score (nSPS) is 10.4. The van der Waals surface area contributed by atoms with Gasteiger partial charge in [0.2, 0.25) is 0 Å². The fourth-order valence-corrected chi connectivity index (χ4v) is 1.84. The van der Waals surface area contributed by atoms with Gasteiger partial charge in [-0.2, -0.15) is 0 Å². The van der Waals surface area contributed by atoms with Crippen LogP contribution in [0.15, 0.2) is 41.0 Å². The number of hydrogen-bond donors (Lipinski definition) is 1. The highest BCUT2D eigenvalue weighted by molar-refractivity contribution is 9.10. The lowest BCUT2D eigenvalue weighted by atomic mass is 10.2. The molecule has 0 amide bonds. The number of halogens is 2. The second-order valence-electron chi connectivity index (χ2n) is 3.73. The van der Waals surface area contributed by atoms with Crippen molar-refractivity contribution >= 4 is 15.9 Å². The van der Waals surface area contributed by atoms with Gasteiger partial charge in [-0.15, -0.1) is 0 Å². The standard InChI is InChI=1S/C13H12BrFN2O/c14-12-5-9(1-4-13(12)15)8-18-11-3-2-10(6-16)17-7-11/h1-5,7H,6,8,16H2. The molecule has 2 rings (SSSR count). The lowest BCUT2D eigenvalue weighted by molar-refractivity contribution is 0.304. The SMILES string of the molecule is NCc1ccc(OCc2ccc(F)c(Br)c2)cn1. The molecule has 0 atom stereocenters. The number of nitrogens with two attached hydrogens (primary N) is 1. The van der Waals surface area contributed by atoms with Gasteiger partial charge in [-0.25, -0.2) is 4.39 Å². The van der Waals surface area contributed by atoms with Gasteiger partial charge < -0.3 is 10.5 Å². The second kappa shape index (κ2) is 5.93. The fraction of sp³-hybridized carbons (Fsp3) is 0.154. The first-order chi connectivity index (χ1) is 8.69. The molecule has 1 heterocycles. The van der Waals surface area contributed by atoms with Crippen molar-refractivity contribution < 1.29 is 9.13 Å². The van der Waals surface area contributed by atoms with Crippen molar-refractivity contribution in [3.05, 3.63) is 58.1 Å². The van der Waals surface area contributed by atoms with Crippen molar-refractivity contribution in [2.45, 2.75) is 13.2 Å². The van der Waals surface area contributed by atoms with E-state index in [0.29, 0.717) is 23.4 Å². The maximum atomic E-state index is 13.0. The Kier molecular flexibility index (Phi) is 4.28. The van der Waals surface area contributed by atoms with Crippen LogP contribution in [-0.2, 0) is 13.2 Å². The Morgan fingerprint density at radius 3 is 2.72 bits per heavy atom. The van der Waals surface area contributed by atoms with Gasteiger partial charge in [0.05, 0.1) is 16.4 Å². The highest BCUT2D eigenvalue weighted by atomic mass is 79.9. The maximum absolute atomic E-state index is 13.0. The first-order valence-electron chi connectivity index (χ1n) is 5.41. The Morgan fingerprint density at radius 1 is 1.28 bits per heavy atom. The van der Waals surface area contributed by atoms with Crippen LogP contribution in [0.5, 0.6) is 5.75 Å². The van der Waals surface area contributed by atoms with Crippen LogP contribution in [0.1, 0.15) is 11.3 Å². The molecule has 0 aliphatic rings. The molecule has 0 saturated carbocycles. The first-order valence-corrected chi connectivity index (χ1v) is 6.20. The molecule has 5 heteroatoms. The summed E-state index contributed by atoms with van der Waals surface area (Å²) in [6.45, 7) is 0.772. The number of hydrogen-bond acceptors (Lipinski definition) is 3. The first kappa shape index (κ1) is 13.0. The minimum absolute atomic E-state index is 0.285. The smallest absolute Gasteiger partial charge is 0.138 e. The van der Waals surface area contributed by atoms with Gasteiger partial charge in [-0.3, -0.25) is 4.98 Å². The maximum Gasteiger partial charge on any atom is 0.138 e. The summed E-state index contributed by atoms with van der Waals surface area (Å²) in [4.78, 5) is 4.12. The highest BCUT2D eigenvalue weighted by Crippen LogP contribution is 2.18. The van der Waals surface area contributed by atoms with E-state index in [4.69, 9.17) is 10.5 Å². The summed E-state index contributed by atoms with van der Waals surface area (Å²) in [5.41, 5.74) is 7.14. The monoisotopic (exact) mass is 310 g/mol. The average Bonchev–Trinajstić information content (AvgIpc) is 2.41. The number of benzene rings is 1. The van der Waals surface area contributed by atoms with Crippen molar-refractivity contribution in [1.29, 1.82) is 0 Å². The molecule has 1 aromatic carbocycles. The average molecular weight is 311 g/mol. The molecule has 2 aromatic rings. The Labute approximate surface area is 113 Å². The van der Waals surface area contributed by atoms with Crippen LogP contribution in [0.3, 0.4) is 0 Å². The van der Waals surface area contributed by atoms with E-state index in [9.17, 15) is 4.39 Å². The molecule has 18 heavy (non-hydrogen) atoms. The zero-order chi connectivity index (χ0) is 13.0. The van der Waals surface area contributed by atoms with Crippen LogP contribution in [0.2, 0.25) is 0 Å². The highest BCUT2D eigenvalue weighted by Gasteiger charge is 2.02. The van der Waals surface area contributed by atoms with E-state index < -0.39 is 0 Å². The largest absolute Gasteiger partial charge is 0.487 e. The van der Waals surface area contributed by atoms with Crippen LogP contribution < -0.4 is 10.5 Å².